The maximum absolute atomic E-state index is 10.2. The highest BCUT2D eigenvalue weighted by molar-refractivity contribution is 8.19. The summed E-state index contributed by atoms with van der Waals surface area (Å²) in [4.78, 5) is 15.6. The zero-order valence-electron chi connectivity index (χ0n) is 8.78. The van der Waals surface area contributed by atoms with Crippen molar-refractivity contribution in [2.24, 2.45) is 4.99 Å². The van der Waals surface area contributed by atoms with Gasteiger partial charge in [-0.3, -0.25) is 0 Å². The SMILES string of the molecule is CCC1=CC=C(N=C=O)C(C#N)=S1CC. The predicted octanol–water partition coefficient (Wildman–Crippen LogP) is 2.50. The molecule has 0 N–H and O–H groups in total. The van der Waals surface area contributed by atoms with Gasteiger partial charge in [-0.05, 0) is 23.2 Å². The predicted molar refractivity (Wildman–Crippen MR) is 63.3 cm³/mol. The average Bonchev–Trinajstić information content (AvgIpc) is 2.28. The topological polar surface area (TPSA) is 53.2 Å². The lowest BCUT2D eigenvalue weighted by atomic mass is 10.3. The smallest absolute Gasteiger partial charge is 0.211 e. The third-order valence-corrected chi connectivity index (χ3v) is 4.56. The van der Waals surface area contributed by atoms with E-state index in [0.29, 0.717) is 10.6 Å². The van der Waals surface area contributed by atoms with Gasteiger partial charge in [-0.2, -0.15) is 10.3 Å². The van der Waals surface area contributed by atoms with Gasteiger partial charge in [-0.1, -0.05) is 19.9 Å². The van der Waals surface area contributed by atoms with E-state index in [9.17, 15) is 4.79 Å². The highest BCUT2D eigenvalue weighted by atomic mass is 32.2. The van der Waals surface area contributed by atoms with Gasteiger partial charge in [0.15, 0.2) is 0 Å². The van der Waals surface area contributed by atoms with E-state index in [4.69, 9.17) is 5.26 Å². The Balaban J connectivity index is 3.34. The molecule has 0 bridgehead atoms. The van der Waals surface area contributed by atoms with Gasteiger partial charge >= 0.3 is 0 Å². The van der Waals surface area contributed by atoms with Crippen LogP contribution in [0.25, 0.3) is 0 Å². The average molecular weight is 220 g/mol. The molecule has 1 aliphatic heterocycles. The lowest BCUT2D eigenvalue weighted by Gasteiger charge is -2.16. The van der Waals surface area contributed by atoms with E-state index in [1.165, 1.54) is 11.0 Å². The van der Waals surface area contributed by atoms with Crippen LogP contribution in [0, 0.1) is 11.3 Å². The van der Waals surface area contributed by atoms with E-state index in [1.807, 2.05) is 13.0 Å². The van der Waals surface area contributed by atoms with Crippen LogP contribution in [0.4, 0.5) is 0 Å². The van der Waals surface area contributed by atoms with E-state index in [2.05, 4.69) is 18.0 Å². The Hall–Kier alpha value is -1.43. The second kappa shape index (κ2) is 5.45. The van der Waals surface area contributed by atoms with Crippen molar-refractivity contribution in [3.05, 3.63) is 22.8 Å². The van der Waals surface area contributed by atoms with E-state index >= 15 is 0 Å². The molecule has 0 saturated heterocycles. The van der Waals surface area contributed by atoms with Crippen LogP contribution in [-0.4, -0.2) is 16.7 Å². The lowest BCUT2D eigenvalue weighted by Crippen LogP contribution is -2.04. The number of hydrogen-bond acceptors (Lipinski definition) is 3. The monoisotopic (exact) mass is 220 g/mol. The number of allylic oxidation sites excluding steroid dienone is 4. The number of aliphatic imine (C=N–C) groups is 1. The maximum atomic E-state index is 10.2. The van der Waals surface area contributed by atoms with Crippen molar-refractivity contribution >= 4 is 21.4 Å². The largest absolute Gasteiger partial charge is 0.240 e. The van der Waals surface area contributed by atoms with E-state index in [-0.39, 0.29) is 10.5 Å². The normalized spacial score (nSPS) is 19.8. The minimum Gasteiger partial charge on any atom is -0.211 e. The summed E-state index contributed by atoms with van der Waals surface area (Å²) in [5.41, 5.74) is 0.467. The molecule has 0 saturated carbocycles. The standard InChI is InChI=1S/C11H12N2OS/c1-3-9-5-6-10(13-8-14)11(7-12)15(9)4-2/h5-6H,3-4H2,1-2H3. The zero-order chi connectivity index (χ0) is 11.3. The summed E-state index contributed by atoms with van der Waals surface area (Å²) in [6.45, 7) is 4.11. The van der Waals surface area contributed by atoms with Gasteiger partial charge in [-0.15, -0.1) is 10.5 Å². The molecule has 4 heteroatoms. The molecule has 1 aliphatic rings. The molecule has 15 heavy (non-hydrogen) atoms. The molecule has 0 spiro atoms. The Labute approximate surface area is 91.7 Å². The number of isocyanates is 1. The maximum Gasteiger partial charge on any atom is 0.240 e. The van der Waals surface area contributed by atoms with Crippen molar-refractivity contribution in [3.63, 3.8) is 0 Å². The summed E-state index contributed by atoms with van der Waals surface area (Å²) in [7, 11) is -0.183. The van der Waals surface area contributed by atoms with Crippen LogP contribution >= 0.6 is 10.5 Å². The van der Waals surface area contributed by atoms with Crippen molar-refractivity contribution in [1.29, 1.82) is 5.26 Å². The van der Waals surface area contributed by atoms with Gasteiger partial charge < -0.3 is 0 Å². The molecule has 1 unspecified atom stereocenters. The summed E-state index contributed by atoms with van der Waals surface area (Å²) < 4.78 is 0. The molecule has 0 aliphatic carbocycles. The molecule has 0 fully saturated rings. The Morgan fingerprint density at radius 1 is 1.47 bits per heavy atom. The molecule has 1 atom stereocenters. The Kier molecular flexibility index (Phi) is 4.23. The fraction of sp³-hybridized carbons (Fsp3) is 0.364. The number of nitrogens with zero attached hydrogens (tertiary/aromatic N) is 2. The number of hydrogen-bond donors (Lipinski definition) is 0. The van der Waals surface area contributed by atoms with Crippen LogP contribution in [0.5, 0.6) is 0 Å². The Bertz CT molecular complexity index is 446. The molecule has 3 nitrogen and oxygen atoms in total. The minimum absolute atomic E-state index is 0.183. The van der Waals surface area contributed by atoms with Gasteiger partial charge in [0.25, 0.3) is 0 Å². The minimum atomic E-state index is -0.183. The second-order valence-corrected chi connectivity index (χ2v) is 5.15. The Morgan fingerprint density at radius 3 is 2.67 bits per heavy atom. The fourth-order valence-electron chi connectivity index (χ4n) is 1.46. The summed E-state index contributed by atoms with van der Waals surface area (Å²) in [6, 6.07) is 2.15. The first kappa shape index (κ1) is 11.6. The molecular weight excluding hydrogens is 208 g/mol. The number of carbonyl (C=O) groups excluding carboxylic acids is 1. The Morgan fingerprint density at radius 2 is 2.20 bits per heavy atom. The number of nitriles is 1. The molecular formula is C11H12N2OS. The molecule has 0 amide bonds. The molecule has 0 aromatic carbocycles. The summed E-state index contributed by atoms with van der Waals surface area (Å²) >= 11 is 0. The first-order chi connectivity index (χ1) is 7.28. The quantitative estimate of drug-likeness (QED) is 0.417. The van der Waals surface area contributed by atoms with Crippen LogP contribution in [0.2, 0.25) is 0 Å². The van der Waals surface area contributed by atoms with Crippen LogP contribution < -0.4 is 0 Å². The van der Waals surface area contributed by atoms with Crippen LogP contribution in [0.3, 0.4) is 0 Å². The second-order valence-electron chi connectivity index (χ2n) is 2.86. The summed E-state index contributed by atoms with van der Waals surface area (Å²) in [6.07, 6.45) is 6.10. The van der Waals surface area contributed by atoms with Crippen molar-refractivity contribution in [2.75, 3.05) is 5.75 Å². The van der Waals surface area contributed by atoms with Crippen molar-refractivity contribution in [3.8, 4) is 6.07 Å². The summed E-state index contributed by atoms with van der Waals surface area (Å²) in [5.74, 6) is 0.883. The first-order valence-corrected chi connectivity index (χ1v) is 6.14. The van der Waals surface area contributed by atoms with Gasteiger partial charge in [-0.25, -0.2) is 4.79 Å². The highest BCUT2D eigenvalue weighted by Gasteiger charge is 2.15. The zero-order valence-corrected chi connectivity index (χ0v) is 9.60. The van der Waals surface area contributed by atoms with Gasteiger partial charge in [0, 0.05) is 0 Å². The van der Waals surface area contributed by atoms with Gasteiger partial charge in [0.1, 0.15) is 16.6 Å². The molecule has 0 aromatic rings. The van der Waals surface area contributed by atoms with Crippen molar-refractivity contribution in [1.82, 2.24) is 0 Å². The molecule has 1 heterocycles. The van der Waals surface area contributed by atoms with Crippen molar-refractivity contribution in [2.45, 2.75) is 20.3 Å². The number of rotatable bonds is 3. The van der Waals surface area contributed by atoms with Gasteiger partial charge in [0.2, 0.25) is 6.08 Å². The molecule has 0 radical (unpaired) electrons. The lowest BCUT2D eigenvalue weighted by molar-refractivity contribution is 0.565. The van der Waals surface area contributed by atoms with Crippen molar-refractivity contribution < 1.29 is 4.79 Å². The van der Waals surface area contributed by atoms with Crippen LogP contribution in [0.1, 0.15) is 20.3 Å². The third-order valence-electron chi connectivity index (χ3n) is 2.13. The van der Waals surface area contributed by atoms with E-state index in [1.54, 1.807) is 6.08 Å². The van der Waals surface area contributed by atoms with E-state index < -0.39 is 0 Å². The third kappa shape index (κ3) is 2.33. The fourth-order valence-corrected chi connectivity index (χ4v) is 3.44. The van der Waals surface area contributed by atoms with Gasteiger partial charge in [0.05, 0.1) is 0 Å². The van der Waals surface area contributed by atoms with Crippen LogP contribution in [0.15, 0.2) is 27.7 Å². The molecule has 1 rings (SSSR count). The highest BCUT2D eigenvalue weighted by Crippen LogP contribution is 2.34. The first-order valence-electron chi connectivity index (χ1n) is 4.75. The summed E-state index contributed by atoms with van der Waals surface area (Å²) in [5, 5.41) is 9.06. The van der Waals surface area contributed by atoms with Crippen LogP contribution in [-0.2, 0) is 4.79 Å². The van der Waals surface area contributed by atoms with E-state index in [0.717, 1.165) is 12.2 Å². The molecule has 78 valence electrons. The molecule has 0 aromatic heterocycles.